The number of nitrogens with zero attached hydrogens (tertiary/aromatic N) is 2. The van der Waals surface area contributed by atoms with E-state index in [2.05, 4.69) is 9.98 Å². The molecular weight excluding hydrogens is 196 g/mol. The first-order valence-corrected chi connectivity index (χ1v) is 5.20. The fourth-order valence-electron chi connectivity index (χ4n) is 1.71. The zero-order valence-corrected chi connectivity index (χ0v) is 8.67. The van der Waals surface area contributed by atoms with Gasteiger partial charge in [-0.1, -0.05) is 36.4 Å². The molecule has 16 heavy (non-hydrogen) atoms. The number of fused-ring (bicyclic) bond motifs is 2. The average molecular weight is 206 g/mol. The van der Waals surface area contributed by atoms with Gasteiger partial charge in [0.05, 0.1) is 11.4 Å². The van der Waals surface area contributed by atoms with Crippen molar-refractivity contribution < 1.29 is 0 Å². The van der Waals surface area contributed by atoms with Crippen LogP contribution in [0, 0.1) is 0 Å². The molecule has 0 N–H and O–H groups in total. The Balaban J connectivity index is 2.18. The summed E-state index contributed by atoms with van der Waals surface area (Å²) in [4.78, 5) is 8.94. The molecule has 76 valence electrons. The molecule has 0 unspecified atom stereocenters. The molecule has 0 atom stereocenters. The van der Waals surface area contributed by atoms with Gasteiger partial charge in [0.2, 0.25) is 0 Å². The maximum absolute atomic E-state index is 4.47. The van der Waals surface area contributed by atoms with Crippen molar-refractivity contribution in [2.45, 2.75) is 0 Å². The summed E-state index contributed by atoms with van der Waals surface area (Å²) >= 11 is 0. The van der Waals surface area contributed by atoms with E-state index in [4.69, 9.17) is 0 Å². The van der Waals surface area contributed by atoms with Crippen LogP contribution in [-0.4, -0.2) is 12.4 Å². The minimum atomic E-state index is 0.959. The SMILES string of the molecule is C1=N\c2ccccc2/C=N\c2ccccc2/1. The van der Waals surface area contributed by atoms with Gasteiger partial charge >= 0.3 is 0 Å². The maximum Gasteiger partial charge on any atom is 0.0717 e. The van der Waals surface area contributed by atoms with Crippen molar-refractivity contribution in [3.05, 3.63) is 59.7 Å². The van der Waals surface area contributed by atoms with Crippen molar-refractivity contribution in [1.82, 2.24) is 0 Å². The summed E-state index contributed by atoms with van der Waals surface area (Å²) in [6, 6.07) is 16.0. The molecule has 1 aliphatic heterocycles. The van der Waals surface area contributed by atoms with Crippen LogP contribution in [0.1, 0.15) is 11.1 Å². The average Bonchev–Trinajstić information content (AvgIpc) is 2.32. The number of aliphatic imine (C=N–C) groups is 2. The van der Waals surface area contributed by atoms with Gasteiger partial charge in [0.15, 0.2) is 0 Å². The molecule has 0 aliphatic carbocycles. The van der Waals surface area contributed by atoms with Crippen molar-refractivity contribution in [1.29, 1.82) is 0 Å². The summed E-state index contributed by atoms with van der Waals surface area (Å²) in [5, 5.41) is 0. The monoisotopic (exact) mass is 206 g/mol. The van der Waals surface area contributed by atoms with E-state index in [0.717, 1.165) is 22.5 Å². The van der Waals surface area contributed by atoms with Crippen molar-refractivity contribution in [3.8, 4) is 0 Å². The molecule has 0 amide bonds. The molecule has 2 heteroatoms. The molecule has 0 bridgehead atoms. The van der Waals surface area contributed by atoms with Gasteiger partial charge in [-0.2, -0.15) is 0 Å². The highest BCUT2D eigenvalue weighted by Gasteiger charge is 2.02. The van der Waals surface area contributed by atoms with Gasteiger partial charge in [-0.15, -0.1) is 0 Å². The summed E-state index contributed by atoms with van der Waals surface area (Å²) in [6.07, 6.45) is 3.73. The number of hydrogen-bond donors (Lipinski definition) is 0. The Bertz CT molecular complexity index is 479. The Morgan fingerprint density at radius 2 is 1.00 bits per heavy atom. The fraction of sp³-hybridized carbons (Fsp3) is 0. The van der Waals surface area contributed by atoms with E-state index < -0.39 is 0 Å². The molecule has 0 spiro atoms. The van der Waals surface area contributed by atoms with Gasteiger partial charge in [0.25, 0.3) is 0 Å². The lowest BCUT2D eigenvalue weighted by molar-refractivity contribution is 1.45. The highest BCUT2D eigenvalue weighted by molar-refractivity contribution is 5.96. The zero-order chi connectivity index (χ0) is 10.8. The Morgan fingerprint density at radius 3 is 1.50 bits per heavy atom. The van der Waals surface area contributed by atoms with Crippen LogP contribution >= 0.6 is 0 Å². The molecule has 0 aromatic heterocycles. The summed E-state index contributed by atoms with van der Waals surface area (Å²) in [7, 11) is 0. The van der Waals surface area contributed by atoms with Crippen LogP contribution in [0.3, 0.4) is 0 Å². The second-order valence-electron chi connectivity index (χ2n) is 3.63. The Morgan fingerprint density at radius 1 is 0.562 bits per heavy atom. The molecule has 2 nitrogen and oxygen atoms in total. The van der Waals surface area contributed by atoms with Gasteiger partial charge < -0.3 is 0 Å². The highest BCUT2D eigenvalue weighted by atomic mass is 14.8. The predicted octanol–water partition coefficient (Wildman–Crippen LogP) is 3.50. The first kappa shape index (κ1) is 9.04. The first-order valence-electron chi connectivity index (χ1n) is 5.20. The van der Waals surface area contributed by atoms with Crippen molar-refractivity contribution in [2.24, 2.45) is 9.98 Å². The minimum absolute atomic E-state index is 0.959. The molecular formula is C14H10N2. The summed E-state index contributed by atoms with van der Waals surface area (Å²) in [5.41, 5.74) is 4.02. The summed E-state index contributed by atoms with van der Waals surface area (Å²) in [5.74, 6) is 0. The third-order valence-corrected chi connectivity index (χ3v) is 2.56. The lowest BCUT2D eigenvalue weighted by Gasteiger charge is -2.05. The molecule has 0 saturated heterocycles. The van der Waals surface area contributed by atoms with Crippen molar-refractivity contribution >= 4 is 23.8 Å². The van der Waals surface area contributed by atoms with Crippen LogP contribution in [0.5, 0.6) is 0 Å². The van der Waals surface area contributed by atoms with Gasteiger partial charge in [0, 0.05) is 23.6 Å². The van der Waals surface area contributed by atoms with E-state index in [1.54, 1.807) is 0 Å². The lowest BCUT2D eigenvalue weighted by atomic mass is 10.1. The molecule has 0 radical (unpaired) electrons. The van der Waals surface area contributed by atoms with Crippen molar-refractivity contribution in [3.63, 3.8) is 0 Å². The normalized spacial score (nSPS) is 16.5. The number of para-hydroxylation sites is 2. The van der Waals surface area contributed by atoms with Gasteiger partial charge in [-0.3, -0.25) is 9.98 Å². The Labute approximate surface area is 94.0 Å². The third-order valence-electron chi connectivity index (χ3n) is 2.56. The first-order chi connectivity index (χ1) is 7.93. The maximum atomic E-state index is 4.47. The Hall–Kier alpha value is -2.22. The van der Waals surface area contributed by atoms with Gasteiger partial charge in [0.1, 0.15) is 0 Å². The quantitative estimate of drug-likeness (QED) is 0.538. The molecule has 1 heterocycles. The summed E-state index contributed by atoms with van der Waals surface area (Å²) < 4.78 is 0. The van der Waals surface area contributed by atoms with Crippen LogP contribution in [-0.2, 0) is 0 Å². The third kappa shape index (κ3) is 1.54. The van der Waals surface area contributed by atoms with E-state index >= 15 is 0 Å². The Kier molecular flexibility index (Phi) is 2.11. The van der Waals surface area contributed by atoms with Crippen LogP contribution in [0.4, 0.5) is 11.4 Å². The number of benzene rings is 2. The minimum Gasteiger partial charge on any atom is -0.256 e. The largest absolute Gasteiger partial charge is 0.256 e. The number of rotatable bonds is 0. The topological polar surface area (TPSA) is 24.7 Å². The standard InChI is InChI=1S/C14H10N2/c1-3-7-13-11(5-1)9-15-14-8-4-2-6-12(14)10-16-13/h1-10H/b11-9?,12-10?,15-9-,15-14?,16-10-,16-13?. The van der Waals surface area contributed by atoms with Crippen LogP contribution in [0.2, 0.25) is 0 Å². The predicted molar refractivity (Wildman–Crippen MR) is 67.4 cm³/mol. The van der Waals surface area contributed by atoms with Crippen LogP contribution in [0.25, 0.3) is 0 Å². The van der Waals surface area contributed by atoms with E-state index in [1.165, 1.54) is 0 Å². The molecule has 1 aliphatic rings. The van der Waals surface area contributed by atoms with E-state index in [9.17, 15) is 0 Å². The van der Waals surface area contributed by atoms with Gasteiger partial charge in [-0.25, -0.2) is 0 Å². The van der Waals surface area contributed by atoms with Crippen LogP contribution in [0.15, 0.2) is 58.5 Å². The van der Waals surface area contributed by atoms with E-state index in [1.807, 2.05) is 61.0 Å². The van der Waals surface area contributed by atoms with Gasteiger partial charge in [-0.05, 0) is 12.1 Å². The van der Waals surface area contributed by atoms with Crippen molar-refractivity contribution in [2.75, 3.05) is 0 Å². The summed E-state index contributed by atoms with van der Waals surface area (Å²) in [6.45, 7) is 0. The zero-order valence-electron chi connectivity index (χ0n) is 8.67. The molecule has 2 aromatic rings. The molecule has 2 aromatic carbocycles. The number of hydrogen-bond acceptors (Lipinski definition) is 2. The van der Waals surface area contributed by atoms with E-state index in [0.29, 0.717) is 0 Å². The van der Waals surface area contributed by atoms with E-state index in [-0.39, 0.29) is 0 Å². The van der Waals surface area contributed by atoms with Crippen LogP contribution < -0.4 is 0 Å². The fourth-order valence-corrected chi connectivity index (χ4v) is 1.71. The molecule has 0 saturated carbocycles. The molecule has 0 fully saturated rings. The smallest absolute Gasteiger partial charge is 0.0717 e. The second kappa shape index (κ2) is 3.74. The highest BCUT2D eigenvalue weighted by Crippen LogP contribution is 2.23. The molecule has 3 rings (SSSR count). The second-order valence-corrected chi connectivity index (χ2v) is 3.63. The lowest BCUT2D eigenvalue weighted by Crippen LogP contribution is -1.89.